The Balaban J connectivity index is 1.05. The normalized spacial score (nSPS) is 14.7. The van der Waals surface area contributed by atoms with Gasteiger partial charge in [0.15, 0.2) is 0 Å². The lowest BCUT2D eigenvalue weighted by atomic mass is 9.66. The van der Waals surface area contributed by atoms with Gasteiger partial charge in [-0.1, -0.05) is 262 Å². The maximum atomic E-state index is 2.55. The fraction of sp³-hybridized carbons (Fsp3) is 0.217. The second kappa shape index (κ2) is 16.9. The summed E-state index contributed by atoms with van der Waals surface area (Å²) in [6.45, 7) is 18.9. The van der Waals surface area contributed by atoms with Crippen molar-refractivity contribution in [3.8, 4) is 44.5 Å². The van der Waals surface area contributed by atoms with Crippen molar-refractivity contribution in [2.24, 2.45) is 0 Å². The van der Waals surface area contributed by atoms with Gasteiger partial charge in [-0.2, -0.15) is 0 Å². The van der Waals surface area contributed by atoms with Crippen LogP contribution < -0.4 is 0 Å². The van der Waals surface area contributed by atoms with E-state index >= 15 is 0 Å². The molecular weight excluding hydrogens is 829 g/mol. The summed E-state index contributed by atoms with van der Waals surface area (Å²) in [6, 6.07) is 81.1. The van der Waals surface area contributed by atoms with Crippen LogP contribution in [0.1, 0.15) is 129 Å². The highest BCUT2D eigenvalue weighted by molar-refractivity contribution is 5.96. The summed E-state index contributed by atoms with van der Waals surface area (Å²) in [5.41, 5.74) is 24.8. The van der Waals surface area contributed by atoms with Crippen LogP contribution in [0.3, 0.4) is 0 Å². The van der Waals surface area contributed by atoms with E-state index in [-0.39, 0.29) is 22.2 Å². The molecule has 69 heavy (non-hydrogen) atoms. The number of benzene rings is 9. The van der Waals surface area contributed by atoms with Crippen LogP contribution >= 0.6 is 0 Å². The van der Waals surface area contributed by atoms with E-state index in [1.807, 2.05) is 0 Å². The molecule has 9 aromatic rings. The molecule has 0 heteroatoms. The Bertz CT molecular complexity index is 3280. The fourth-order valence-corrected chi connectivity index (χ4v) is 11.9. The van der Waals surface area contributed by atoms with Crippen molar-refractivity contribution in [1.29, 1.82) is 0 Å². The van der Waals surface area contributed by atoms with Crippen LogP contribution in [0.2, 0.25) is 0 Å². The van der Waals surface area contributed by atoms with E-state index < -0.39 is 5.41 Å². The van der Waals surface area contributed by atoms with Crippen molar-refractivity contribution in [1.82, 2.24) is 0 Å². The van der Waals surface area contributed by atoms with Crippen LogP contribution in [0.25, 0.3) is 44.5 Å². The smallest absolute Gasteiger partial charge is 0.0622 e. The SMILES string of the molecule is CC(C)(C)c1ccc2c(c1)C(c1ccccc1)(c1ccccc1)c1cc(C(C)(C)C)cc(-c3ccc(C(CCc4ccc5c(c4)C(C)(C)c4ccccc4-5)c4ccc(-c5ccccc5)cc4)cc3)c1-2. The molecule has 0 saturated heterocycles. The van der Waals surface area contributed by atoms with Crippen molar-refractivity contribution in [2.75, 3.05) is 0 Å². The van der Waals surface area contributed by atoms with Gasteiger partial charge in [-0.25, -0.2) is 0 Å². The zero-order valence-electron chi connectivity index (χ0n) is 41.7. The van der Waals surface area contributed by atoms with Gasteiger partial charge in [0.2, 0.25) is 0 Å². The molecule has 2 aliphatic carbocycles. The lowest BCUT2D eigenvalue weighted by Crippen LogP contribution is -2.29. The van der Waals surface area contributed by atoms with E-state index in [1.54, 1.807) is 0 Å². The van der Waals surface area contributed by atoms with Gasteiger partial charge in [0.05, 0.1) is 5.41 Å². The topological polar surface area (TPSA) is 0 Å². The number of hydrogen-bond acceptors (Lipinski definition) is 0. The Hall–Kier alpha value is -7.02. The third-order valence-corrected chi connectivity index (χ3v) is 15.8. The summed E-state index contributed by atoms with van der Waals surface area (Å²) in [5, 5.41) is 0. The Morgan fingerprint density at radius 3 is 1.49 bits per heavy atom. The number of fused-ring (bicyclic) bond motifs is 6. The Morgan fingerprint density at radius 2 is 0.884 bits per heavy atom. The molecular formula is C69H64. The van der Waals surface area contributed by atoms with E-state index in [2.05, 4.69) is 268 Å². The summed E-state index contributed by atoms with van der Waals surface area (Å²) in [6.07, 6.45) is 1.99. The molecule has 2 aliphatic rings. The molecule has 0 heterocycles. The average Bonchev–Trinajstić information content (AvgIpc) is 3.79. The second-order valence-corrected chi connectivity index (χ2v) is 22.4. The minimum atomic E-state index is -0.503. The number of rotatable bonds is 9. The highest BCUT2D eigenvalue weighted by atomic mass is 14.5. The van der Waals surface area contributed by atoms with E-state index in [9.17, 15) is 0 Å². The van der Waals surface area contributed by atoms with Crippen molar-refractivity contribution in [3.05, 3.63) is 274 Å². The van der Waals surface area contributed by atoms with Gasteiger partial charge in [-0.05, 0) is 135 Å². The first-order chi connectivity index (χ1) is 33.2. The maximum Gasteiger partial charge on any atom is 0.0713 e. The first kappa shape index (κ1) is 44.5. The minimum Gasteiger partial charge on any atom is -0.0622 e. The zero-order valence-corrected chi connectivity index (χ0v) is 41.7. The third kappa shape index (κ3) is 7.61. The molecule has 0 aliphatic heterocycles. The Morgan fingerprint density at radius 1 is 0.377 bits per heavy atom. The highest BCUT2D eigenvalue weighted by Crippen LogP contribution is 2.60. The number of hydrogen-bond donors (Lipinski definition) is 0. The molecule has 340 valence electrons. The minimum absolute atomic E-state index is 0.0143. The van der Waals surface area contributed by atoms with E-state index in [1.165, 1.54) is 106 Å². The van der Waals surface area contributed by atoms with Gasteiger partial charge in [0, 0.05) is 11.3 Å². The molecule has 0 radical (unpaired) electrons. The number of aryl methyl sites for hydroxylation is 1. The molecule has 0 saturated carbocycles. The molecule has 9 aromatic carbocycles. The summed E-state index contributed by atoms with van der Waals surface area (Å²) < 4.78 is 0. The van der Waals surface area contributed by atoms with Gasteiger partial charge in [-0.15, -0.1) is 0 Å². The summed E-state index contributed by atoms with van der Waals surface area (Å²) in [7, 11) is 0. The first-order valence-electron chi connectivity index (χ1n) is 25.2. The second-order valence-electron chi connectivity index (χ2n) is 22.4. The van der Waals surface area contributed by atoms with Crippen molar-refractivity contribution >= 4 is 0 Å². The molecule has 0 fully saturated rings. The summed E-state index contributed by atoms with van der Waals surface area (Å²) in [4.78, 5) is 0. The van der Waals surface area contributed by atoms with Crippen LogP contribution in [0.5, 0.6) is 0 Å². The Kier molecular flexibility index (Phi) is 10.9. The molecule has 0 bridgehead atoms. The van der Waals surface area contributed by atoms with Crippen LogP contribution in [0.4, 0.5) is 0 Å². The summed E-state index contributed by atoms with van der Waals surface area (Å²) >= 11 is 0. The van der Waals surface area contributed by atoms with Crippen molar-refractivity contribution < 1.29 is 0 Å². The van der Waals surface area contributed by atoms with Crippen LogP contribution in [0, 0.1) is 0 Å². The molecule has 0 spiro atoms. The highest BCUT2D eigenvalue weighted by Gasteiger charge is 2.48. The first-order valence-corrected chi connectivity index (χ1v) is 25.2. The van der Waals surface area contributed by atoms with E-state index in [0.29, 0.717) is 0 Å². The monoisotopic (exact) mass is 893 g/mol. The molecule has 1 unspecified atom stereocenters. The van der Waals surface area contributed by atoms with Crippen molar-refractivity contribution in [2.45, 2.75) is 95.8 Å². The molecule has 11 rings (SSSR count). The molecule has 0 N–H and O–H groups in total. The van der Waals surface area contributed by atoms with Crippen molar-refractivity contribution in [3.63, 3.8) is 0 Å². The van der Waals surface area contributed by atoms with Gasteiger partial charge in [0.1, 0.15) is 0 Å². The van der Waals surface area contributed by atoms with Crippen LogP contribution in [-0.4, -0.2) is 0 Å². The lowest BCUT2D eigenvalue weighted by molar-refractivity contribution is 0.586. The molecule has 0 aromatic heterocycles. The maximum absolute atomic E-state index is 2.55. The quantitative estimate of drug-likeness (QED) is 0.135. The lowest BCUT2D eigenvalue weighted by Gasteiger charge is -2.35. The van der Waals surface area contributed by atoms with Gasteiger partial charge in [-0.3, -0.25) is 0 Å². The fourth-order valence-electron chi connectivity index (χ4n) is 11.9. The van der Waals surface area contributed by atoms with E-state index in [0.717, 1.165) is 12.8 Å². The third-order valence-electron chi connectivity index (χ3n) is 15.8. The largest absolute Gasteiger partial charge is 0.0713 e. The molecule has 0 nitrogen and oxygen atoms in total. The van der Waals surface area contributed by atoms with Gasteiger partial charge in [0.25, 0.3) is 0 Å². The standard InChI is InChI=1S/C69H64/c1-66(2,3)54-38-41-59-63(44-54)69(52-22-14-10-15-23-52,53-24-16-11-17-25-53)64-45-55(67(4,5)6)43-60(65(59)64)51-36-34-50(35-37-51)56(49-32-30-48(31-33-49)47-20-12-9-13-21-47)39-28-46-29-40-58-57-26-18-19-27-61(57)68(7,8)62(58)42-46/h9-27,29-38,40-45,56H,28,39H2,1-8H3. The average molecular weight is 893 g/mol. The summed E-state index contributed by atoms with van der Waals surface area (Å²) in [5.74, 6) is 0.217. The van der Waals surface area contributed by atoms with Gasteiger partial charge >= 0.3 is 0 Å². The Labute approximate surface area is 411 Å². The van der Waals surface area contributed by atoms with Crippen LogP contribution in [0.15, 0.2) is 212 Å². The van der Waals surface area contributed by atoms with Gasteiger partial charge < -0.3 is 0 Å². The van der Waals surface area contributed by atoms with E-state index in [4.69, 9.17) is 0 Å². The predicted molar refractivity (Wildman–Crippen MR) is 293 cm³/mol. The molecule has 0 amide bonds. The molecule has 1 atom stereocenters. The zero-order chi connectivity index (χ0) is 47.7. The van der Waals surface area contributed by atoms with Crippen LogP contribution in [-0.2, 0) is 28.1 Å². The predicted octanol–water partition coefficient (Wildman–Crippen LogP) is 18.0.